The summed E-state index contributed by atoms with van der Waals surface area (Å²) in [7, 11) is 10.8. The molecule has 4 aliphatic heterocycles. The molecule has 138 heavy (non-hydrogen) atoms. The van der Waals surface area contributed by atoms with Crippen molar-refractivity contribution in [3.8, 4) is 5.75 Å². The third-order valence-electron chi connectivity index (χ3n) is 24.1. The van der Waals surface area contributed by atoms with E-state index < -0.39 is 180 Å². The number of unbranched alkanes of at least 4 members (excludes halogenated alkanes) is 1. The summed E-state index contributed by atoms with van der Waals surface area (Å²) in [6, 6.07) is 15.6. The van der Waals surface area contributed by atoms with Gasteiger partial charge in [-0.2, -0.15) is 0 Å². The number of carbonyl (C=O) groups excluding carboxylic acids is 12. The van der Waals surface area contributed by atoms with E-state index in [0.29, 0.717) is 72.1 Å². The number of aliphatic hydroxyl groups is 4. The number of nitrogens with one attached hydrogen (secondary N) is 10. The van der Waals surface area contributed by atoms with Crippen molar-refractivity contribution in [2.75, 3.05) is 122 Å². The number of alkyl carbamates (subject to hydrolysis) is 1. The molecule has 5 heterocycles. The monoisotopic (exact) mass is 2020 g/mol. The van der Waals surface area contributed by atoms with Crippen LogP contribution in [-0.2, 0) is 116 Å². The molecule has 5 aromatic rings. The average molecular weight is 2020 g/mol. The molecular formula is C95H132ClN13O25S4. The predicted octanol–water partition coefficient (Wildman–Crippen LogP) is 4.11. The van der Waals surface area contributed by atoms with Gasteiger partial charge in [-0.15, -0.1) is 0 Å². The minimum Gasteiger partial charge on any atom is -0.495 e. The normalized spacial score (nSPS) is 25.0. The second-order valence-electron chi connectivity index (χ2n) is 34.5. The predicted molar refractivity (Wildman–Crippen MR) is 524 cm³/mol. The van der Waals surface area contributed by atoms with Crippen LogP contribution in [0.5, 0.6) is 5.75 Å². The van der Waals surface area contributed by atoms with Crippen molar-refractivity contribution in [2.45, 2.75) is 214 Å². The fourth-order valence-corrected chi connectivity index (χ4v) is 20.2. The number of nitrogens with zero attached hydrogens (tertiary/aromatic N) is 2. The Morgan fingerprint density at radius 1 is 0.746 bits per heavy atom. The van der Waals surface area contributed by atoms with Gasteiger partial charge in [0.25, 0.3) is 0 Å². The van der Waals surface area contributed by atoms with Gasteiger partial charge < -0.3 is 126 Å². The lowest BCUT2D eigenvalue weighted by atomic mass is 9.83. The Morgan fingerprint density at radius 2 is 1.37 bits per heavy atom. The van der Waals surface area contributed by atoms with E-state index in [1.165, 1.54) is 73.4 Å². The van der Waals surface area contributed by atoms with Gasteiger partial charge in [0.2, 0.25) is 59.1 Å². The summed E-state index contributed by atoms with van der Waals surface area (Å²) in [4.78, 5) is 179. The van der Waals surface area contributed by atoms with Gasteiger partial charge in [0.05, 0.1) is 103 Å². The van der Waals surface area contributed by atoms with Crippen molar-refractivity contribution in [3.05, 3.63) is 154 Å². The molecule has 0 unspecified atom stereocenters. The van der Waals surface area contributed by atoms with Crippen molar-refractivity contribution in [1.29, 1.82) is 0 Å². The molecule has 18 atom stereocenters. The smallest absolute Gasteiger partial charge is 0.409 e. The molecule has 0 radical (unpaired) electrons. The fraction of sp³-hybridized carbons (Fsp3) is 0.558. The quantitative estimate of drug-likeness (QED) is 0.0113. The SMILES string of the molecule is COc1cc2cc(c1Cl)N(C)C(=O)C[C@H](OC(=O)[C@H](C)N(C)C(=O)CCSSCCOCCOCCOCCOCCC(=O)N[C@H](Cc1ccccc1)C(=O)N[C@H]1CSSC[C@@H](C(=O)N[C@H](CO)[C@@H](C)O)NC(=O)[C@H]([C@@H](C)O)NC(=O)[C@H](CCCCN)NC(=O)[C@@H](Cc3c[nH]c4ccccc34)NC(=O)[C@H](Cc3ccccc3)NC1=O)[C@]1(C)O[C@H]1[C@H](C)[C@@H]1C[C@@](O)(NC(=O)O1)[C@H](OC)/C=C/C=C(\C)C2. The second kappa shape index (κ2) is 56.1. The van der Waals surface area contributed by atoms with Crippen LogP contribution >= 0.6 is 54.8 Å². The first-order valence-corrected chi connectivity index (χ1v) is 51.3. The summed E-state index contributed by atoms with van der Waals surface area (Å²) in [6.07, 6.45) is -0.629. The lowest BCUT2D eigenvalue weighted by Gasteiger charge is -2.42. The van der Waals surface area contributed by atoms with Crippen molar-refractivity contribution < 1.29 is 121 Å². The van der Waals surface area contributed by atoms with E-state index in [-0.39, 0.29) is 120 Å². The molecule has 11 amide bonds. The van der Waals surface area contributed by atoms with Crippen LogP contribution in [0.15, 0.2) is 127 Å². The maximum Gasteiger partial charge on any atom is 0.409 e. The van der Waals surface area contributed by atoms with E-state index in [0.717, 1.165) is 43.6 Å². The molecule has 1 aromatic heterocycles. The highest BCUT2D eigenvalue weighted by Gasteiger charge is 2.65. The highest BCUT2D eigenvalue weighted by molar-refractivity contribution is 8.77. The molecule has 0 aliphatic carbocycles. The molecule has 9 rings (SSSR count). The van der Waals surface area contributed by atoms with E-state index in [1.807, 2.05) is 31.2 Å². The number of nitrogens with two attached hydrogens (primary N) is 1. The van der Waals surface area contributed by atoms with Gasteiger partial charge in [-0.3, -0.25) is 53.3 Å². The Bertz CT molecular complexity index is 4940. The number of aromatic amines is 1. The number of halogens is 1. The lowest BCUT2D eigenvalue weighted by Crippen LogP contribution is -2.63. The number of likely N-dealkylation sites (N-methyl/N-ethyl adjacent to an activating group) is 1. The second-order valence-corrected chi connectivity index (χ2v) is 40.1. The summed E-state index contributed by atoms with van der Waals surface area (Å²) < 4.78 is 52.5. The molecule has 0 saturated carbocycles. The highest BCUT2D eigenvalue weighted by Crippen LogP contribution is 2.50. The van der Waals surface area contributed by atoms with E-state index in [9.17, 15) is 68.4 Å². The largest absolute Gasteiger partial charge is 0.495 e. The number of esters is 1. The number of fused-ring (bicyclic) bond motifs is 6. The summed E-state index contributed by atoms with van der Waals surface area (Å²) >= 11 is 6.87. The minimum absolute atomic E-state index is 0.0213. The number of allylic oxidation sites excluding steroid dienone is 3. The molecule has 43 heteroatoms. The van der Waals surface area contributed by atoms with Gasteiger partial charge in [0.15, 0.2) is 5.72 Å². The number of para-hydroxylation sites is 1. The minimum atomic E-state index is -1.90. The number of methoxy groups -OCH3 is 2. The van der Waals surface area contributed by atoms with Crippen molar-refractivity contribution >= 4 is 143 Å². The van der Waals surface area contributed by atoms with Crippen LogP contribution < -0.4 is 63.2 Å². The maximum absolute atomic E-state index is 15.2. The zero-order chi connectivity index (χ0) is 100. The molecular weight excluding hydrogens is 1890 g/mol. The Labute approximate surface area is 824 Å². The molecule has 0 spiro atoms. The third-order valence-corrected chi connectivity index (χ3v) is 29.2. The molecule has 3 saturated heterocycles. The van der Waals surface area contributed by atoms with Crippen LogP contribution in [0.2, 0.25) is 5.02 Å². The Morgan fingerprint density at radius 3 is 2.03 bits per heavy atom. The number of hydrogen-bond donors (Lipinski definition) is 15. The Hall–Kier alpha value is -9.61. The van der Waals surface area contributed by atoms with Gasteiger partial charge in [0.1, 0.15) is 83.0 Å². The number of amides is 11. The zero-order valence-corrected chi connectivity index (χ0v) is 83.3. The van der Waals surface area contributed by atoms with Gasteiger partial charge in [-0.1, -0.05) is 164 Å². The van der Waals surface area contributed by atoms with Gasteiger partial charge >= 0.3 is 12.1 Å². The van der Waals surface area contributed by atoms with Crippen LogP contribution in [0.3, 0.4) is 0 Å². The molecule has 4 bridgehead atoms. The first-order chi connectivity index (χ1) is 66.1. The van der Waals surface area contributed by atoms with Crippen LogP contribution in [0.25, 0.3) is 10.9 Å². The highest BCUT2D eigenvalue weighted by atomic mass is 35.5. The number of rotatable bonds is 42. The summed E-state index contributed by atoms with van der Waals surface area (Å²) in [6.45, 7) is 10.6. The lowest BCUT2D eigenvalue weighted by molar-refractivity contribution is -0.162. The topological polar surface area (TPSA) is 529 Å². The maximum atomic E-state index is 15.2. The molecule has 38 nitrogen and oxygen atoms in total. The summed E-state index contributed by atoms with van der Waals surface area (Å²) in [5, 5.41) is 68.8. The zero-order valence-electron chi connectivity index (χ0n) is 79.3. The van der Waals surface area contributed by atoms with Crippen LogP contribution in [0, 0.1) is 5.92 Å². The van der Waals surface area contributed by atoms with Gasteiger partial charge in [0, 0.05) is 106 Å². The number of aliphatic hydroxyl groups excluding tert-OH is 3. The van der Waals surface area contributed by atoms with Crippen molar-refractivity contribution in [1.82, 2.24) is 57.7 Å². The Kier molecular flexibility index (Phi) is 45.6. The average Bonchev–Trinajstić information content (AvgIpc) is 1.57. The fourth-order valence-electron chi connectivity index (χ4n) is 15.7. The standard InChI is InChI=1S/C95H132ClN13O25S4/c1-56-22-21-30-77(127-10)95(125)51-76(132-93(124)107-95)57(2)84-94(6,134-84)78(50-81(115)109(8)74-47-63(44-56)48-75(126-9)82(74)96)133-92(123)58(3)108(7)80(114)32-42-135-136-43-41-131-40-39-130-38-37-129-36-35-128-34-31-79(113)99-68(45-61-23-13-11-14-24-61)86(117)104-72-54-137-138-55-73(90(121)103-71(53-110)59(4)111)105-91(122)83(60(5)112)106-85(116)67(29-19-20-33-97)100-88(119)70(49-64-52-98-66-28-18-17-27-65(64)66)102-87(118)69(101-89(72)120)46-62-25-15-12-16-26-62/h11-18,21-28,30,47-48,52,57-60,67-73,76-78,83-84,98,110-112,125H,19-20,29,31-46,49-51,53-55,97H2,1-10H3,(H,99,113)(H,100,119)(H,101,120)(H,102,118)(H,103,121)(H,104,117)(H,105,122)(H,106,116)(H,107,124)/b30-21+,56-22+/t57-,58+,59-,60-,67+,68-,69+,70-,71-,72+,73+,76+,77-,78+,83+,84+,94+,95+/m1/s1. The number of aromatic nitrogens is 1. The van der Waals surface area contributed by atoms with E-state index in [2.05, 4.69) is 52.8 Å². The van der Waals surface area contributed by atoms with Gasteiger partial charge in [-0.05, 0) is 107 Å². The number of carbonyl (C=O) groups is 12. The van der Waals surface area contributed by atoms with Gasteiger partial charge in [-0.25, -0.2) is 9.59 Å². The third kappa shape index (κ3) is 33.8. The summed E-state index contributed by atoms with van der Waals surface area (Å²) in [5.74, 6) is -8.26. The number of anilines is 1. The first kappa shape index (κ1) is 112. The molecule has 4 aliphatic rings. The number of ether oxygens (including phenoxy) is 9. The molecule has 758 valence electrons. The molecule has 16 N–H and O–H groups in total. The number of H-pyrrole nitrogens is 1. The Balaban J connectivity index is 0.742. The molecule has 3 fully saturated rings. The first-order valence-electron chi connectivity index (χ1n) is 46.0. The van der Waals surface area contributed by atoms with Crippen LogP contribution in [-0.4, -0.2) is 321 Å². The van der Waals surface area contributed by atoms with Crippen LogP contribution in [0.1, 0.15) is 109 Å². The number of benzene rings is 4. The van der Waals surface area contributed by atoms with Crippen LogP contribution in [0.4, 0.5) is 10.5 Å². The van der Waals surface area contributed by atoms with E-state index >= 15 is 9.59 Å². The number of hydrogen-bond acceptors (Lipinski definition) is 30. The van der Waals surface area contributed by atoms with Crippen molar-refractivity contribution in [2.24, 2.45) is 11.7 Å². The van der Waals surface area contributed by atoms with E-state index in [4.69, 9.17) is 60.0 Å². The summed E-state index contributed by atoms with van der Waals surface area (Å²) in [5.41, 5.74) is 7.19. The van der Waals surface area contributed by atoms with E-state index in [1.54, 1.807) is 118 Å². The number of epoxide rings is 1. The van der Waals surface area contributed by atoms with Crippen molar-refractivity contribution in [3.63, 3.8) is 0 Å². The molecule has 4 aromatic carbocycles.